The monoisotopic (exact) mass is 327 g/mol. The highest BCUT2D eigenvalue weighted by Crippen LogP contribution is 2.33. The van der Waals surface area contributed by atoms with Gasteiger partial charge in [0.15, 0.2) is 0 Å². The van der Waals surface area contributed by atoms with E-state index >= 15 is 0 Å². The first-order chi connectivity index (χ1) is 11.6. The Morgan fingerprint density at radius 3 is 2.54 bits per heavy atom. The maximum Gasteiger partial charge on any atom is 0.353 e. The van der Waals surface area contributed by atoms with Crippen molar-refractivity contribution in [1.82, 2.24) is 9.97 Å². The highest BCUT2D eigenvalue weighted by molar-refractivity contribution is 5.74. The van der Waals surface area contributed by atoms with Crippen molar-refractivity contribution in [2.75, 3.05) is 10.6 Å². The number of nitrogens with zero attached hydrogens (tertiary/aromatic N) is 3. The van der Waals surface area contributed by atoms with E-state index in [0.29, 0.717) is 0 Å². The molecule has 1 heterocycles. The second-order valence-corrected chi connectivity index (χ2v) is 6.10. The molecular formula is C17H21N5O2. The zero-order chi connectivity index (χ0) is 16.9. The summed E-state index contributed by atoms with van der Waals surface area (Å²) in [5.74, 6) is 0.501. The molecule has 1 saturated carbocycles. The zero-order valence-electron chi connectivity index (χ0n) is 13.7. The quantitative estimate of drug-likeness (QED) is 0.632. The van der Waals surface area contributed by atoms with E-state index in [9.17, 15) is 10.1 Å². The summed E-state index contributed by atoms with van der Waals surface area (Å²) in [5, 5.41) is 17.9. The molecule has 1 aromatic carbocycles. The number of rotatable bonds is 5. The predicted molar refractivity (Wildman–Crippen MR) is 93.6 cm³/mol. The van der Waals surface area contributed by atoms with Gasteiger partial charge in [-0.1, -0.05) is 37.5 Å². The smallest absolute Gasteiger partial charge is 0.353 e. The van der Waals surface area contributed by atoms with Crippen molar-refractivity contribution in [3.05, 3.63) is 46.3 Å². The van der Waals surface area contributed by atoms with Gasteiger partial charge in [-0.3, -0.25) is 10.1 Å². The molecule has 24 heavy (non-hydrogen) atoms. The summed E-state index contributed by atoms with van der Waals surface area (Å²) in [7, 11) is 0. The average molecular weight is 327 g/mol. The van der Waals surface area contributed by atoms with Gasteiger partial charge in [-0.2, -0.15) is 0 Å². The van der Waals surface area contributed by atoms with Gasteiger partial charge in [-0.15, -0.1) is 0 Å². The lowest BCUT2D eigenvalue weighted by Crippen LogP contribution is -2.23. The number of hydrogen-bond donors (Lipinski definition) is 2. The molecular weight excluding hydrogens is 306 g/mol. The summed E-state index contributed by atoms with van der Waals surface area (Å²) < 4.78 is 0. The van der Waals surface area contributed by atoms with E-state index in [1.54, 1.807) is 0 Å². The molecule has 7 heteroatoms. The second kappa shape index (κ2) is 7.25. The molecule has 3 rings (SSSR count). The number of benzene rings is 1. The van der Waals surface area contributed by atoms with E-state index in [1.165, 1.54) is 12.7 Å². The van der Waals surface area contributed by atoms with E-state index < -0.39 is 4.92 Å². The first-order valence-electron chi connectivity index (χ1n) is 8.23. The molecule has 7 nitrogen and oxygen atoms in total. The number of hydrogen-bond acceptors (Lipinski definition) is 6. The molecule has 126 valence electrons. The van der Waals surface area contributed by atoms with Gasteiger partial charge >= 0.3 is 5.69 Å². The molecule has 1 fully saturated rings. The second-order valence-electron chi connectivity index (χ2n) is 6.10. The molecule has 0 amide bonds. The number of aromatic nitrogens is 2. The van der Waals surface area contributed by atoms with Crippen molar-refractivity contribution < 1.29 is 4.92 Å². The van der Waals surface area contributed by atoms with Crippen LogP contribution in [-0.2, 0) is 0 Å². The molecule has 0 radical (unpaired) electrons. The van der Waals surface area contributed by atoms with Crippen LogP contribution in [0.25, 0.3) is 0 Å². The van der Waals surface area contributed by atoms with Crippen LogP contribution in [0.5, 0.6) is 0 Å². The van der Waals surface area contributed by atoms with Gasteiger partial charge in [-0.05, 0) is 31.4 Å². The normalized spacial score (nSPS) is 15.0. The minimum atomic E-state index is -0.425. The molecule has 2 aromatic rings. The van der Waals surface area contributed by atoms with Crippen molar-refractivity contribution in [3.63, 3.8) is 0 Å². The van der Waals surface area contributed by atoms with Crippen LogP contribution in [0.4, 0.5) is 23.0 Å². The lowest BCUT2D eigenvalue weighted by atomic mass is 9.95. The third-order valence-electron chi connectivity index (χ3n) is 4.35. The van der Waals surface area contributed by atoms with Gasteiger partial charge in [0.2, 0.25) is 11.6 Å². The zero-order valence-corrected chi connectivity index (χ0v) is 13.7. The Hall–Kier alpha value is -2.70. The average Bonchev–Trinajstić information content (AvgIpc) is 2.58. The Kier molecular flexibility index (Phi) is 4.88. The van der Waals surface area contributed by atoms with Gasteiger partial charge in [-0.25, -0.2) is 9.97 Å². The summed E-state index contributed by atoms with van der Waals surface area (Å²) >= 11 is 0. The minimum absolute atomic E-state index is 0.105. The number of aryl methyl sites for hydroxylation is 1. The Morgan fingerprint density at radius 1 is 1.12 bits per heavy atom. The minimum Gasteiger partial charge on any atom is -0.361 e. The van der Waals surface area contributed by atoms with Crippen LogP contribution in [0.3, 0.4) is 0 Å². The lowest BCUT2D eigenvalue weighted by Gasteiger charge is -2.23. The Bertz CT molecular complexity index is 729. The molecule has 1 aromatic heterocycles. The van der Waals surface area contributed by atoms with E-state index in [0.717, 1.165) is 36.9 Å². The van der Waals surface area contributed by atoms with Crippen LogP contribution < -0.4 is 10.6 Å². The standard InChI is InChI=1S/C17H21N5O2/c1-12-7-5-6-10-14(12)21-17-15(22(23)24)16(18-11-19-17)20-13-8-3-2-4-9-13/h5-7,10-11,13H,2-4,8-9H2,1H3,(H2,18,19,20,21). The molecule has 0 spiro atoms. The Labute approximate surface area is 140 Å². The molecule has 0 aliphatic heterocycles. The third kappa shape index (κ3) is 3.61. The van der Waals surface area contributed by atoms with Crippen molar-refractivity contribution in [1.29, 1.82) is 0 Å². The maximum atomic E-state index is 11.6. The number of nitrogens with one attached hydrogen (secondary N) is 2. The molecule has 0 saturated heterocycles. The van der Waals surface area contributed by atoms with E-state index in [-0.39, 0.29) is 23.4 Å². The van der Waals surface area contributed by atoms with Gasteiger partial charge in [0, 0.05) is 11.7 Å². The SMILES string of the molecule is Cc1ccccc1Nc1ncnc(NC2CCCCC2)c1[N+](=O)[O-]. The van der Waals surface area contributed by atoms with Crippen molar-refractivity contribution >= 4 is 23.0 Å². The van der Waals surface area contributed by atoms with Crippen molar-refractivity contribution in [3.8, 4) is 0 Å². The van der Waals surface area contributed by atoms with Crippen molar-refractivity contribution in [2.45, 2.75) is 45.1 Å². The van der Waals surface area contributed by atoms with Gasteiger partial charge in [0.25, 0.3) is 0 Å². The summed E-state index contributed by atoms with van der Waals surface area (Å²) in [6.07, 6.45) is 6.90. The van der Waals surface area contributed by atoms with Crippen LogP contribution in [0, 0.1) is 17.0 Å². The third-order valence-corrected chi connectivity index (χ3v) is 4.35. The van der Waals surface area contributed by atoms with Crippen LogP contribution in [-0.4, -0.2) is 20.9 Å². The van der Waals surface area contributed by atoms with Gasteiger partial charge < -0.3 is 10.6 Å². The molecule has 2 N–H and O–H groups in total. The van der Waals surface area contributed by atoms with Crippen LogP contribution in [0.1, 0.15) is 37.7 Å². The molecule has 0 bridgehead atoms. The van der Waals surface area contributed by atoms with Gasteiger partial charge in [0.05, 0.1) is 4.92 Å². The van der Waals surface area contributed by atoms with E-state index in [2.05, 4.69) is 20.6 Å². The van der Waals surface area contributed by atoms with E-state index in [4.69, 9.17) is 0 Å². The fourth-order valence-electron chi connectivity index (χ4n) is 3.03. The number of para-hydroxylation sites is 1. The Morgan fingerprint density at radius 2 is 1.83 bits per heavy atom. The summed E-state index contributed by atoms with van der Waals surface area (Å²) in [4.78, 5) is 19.4. The fourth-order valence-corrected chi connectivity index (χ4v) is 3.03. The lowest BCUT2D eigenvalue weighted by molar-refractivity contribution is -0.383. The number of anilines is 3. The first-order valence-corrected chi connectivity index (χ1v) is 8.23. The highest BCUT2D eigenvalue weighted by atomic mass is 16.6. The number of nitro groups is 1. The Balaban J connectivity index is 1.90. The van der Waals surface area contributed by atoms with Crippen LogP contribution >= 0.6 is 0 Å². The van der Waals surface area contributed by atoms with Crippen LogP contribution in [0.2, 0.25) is 0 Å². The highest BCUT2D eigenvalue weighted by Gasteiger charge is 2.25. The summed E-state index contributed by atoms with van der Waals surface area (Å²) in [6.45, 7) is 1.94. The van der Waals surface area contributed by atoms with Gasteiger partial charge in [0.1, 0.15) is 6.33 Å². The first kappa shape index (κ1) is 16.2. The molecule has 0 atom stereocenters. The largest absolute Gasteiger partial charge is 0.361 e. The fraction of sp³-hybridized carbons (Fsp3) is 0.412. The maximum absolute atomic E-state index is 11.6. The van der Waals surface area contributed by atoms with E-state index in [1.807, 2.05) is 31.2 Å². The topological polar surface area (TPSA) is 93.0 Å². The van der Waals surface area contributed by atoms with Crippen molar-refractivity contribution in [2.24, 2.45) is 0 Å². The molecule has 1 aliphatic carbocycles. The molecule has 1 aliphatic rings. The predicted octanol–water partition coefficient (Wildman–Crippen LogP) is 4.18. The van der Waals surface area contributed by atoms with Crippen LogP contribution in [0.15, 0.2) is 30.6 Å². The molecule has 0 unspecified atom stereocenters. The summed E-state index contributed by atoms with van der Waals surface area (Å²) in [5.41, 5.74) is 1.68. The summed E-state index contributed by atoms with van der Waals surface area (Å²) in [6, 6.07) is 7.85.